The van der Waals surface area contributed by atoms with Gasteiger partial charge in [-0.15, -0.1) is 0 Å². The first-order valence-electron chi connectivity index (χ1n) is 9.99. The molecule has 0 saturated carbocycles. The van der Waals surface area contributed by atoms with Crippen molar-refractivity contribution in [1.29, 1.82) is 0 Å². The van der Waals surface area contributed by atoms with Crippen LogP contribution in [0.3, 0.4) is 0 Å². The Bertz CT molecular complexity index is 1070. The summed E-state index contributed by atoms with van der Waals surface area (Å²) < 4.78 is 5.54. The molecular weight excluding hydrogens is 438 g/mol. The van der Waals surface area contributed by atoms with Gasteiger partial charge in [0.1, 0.15) is 6.61 Å². The van der Waals surface area contributed by atoms with Crippen LogP contribution in [0.1, 0.15) is 34.6 Å². The van der Waals surface area contributed by atoms with Crippen LogP contribution in [-0.2, 0) is 10.1 Å². The average molecular weight is 460 g/mol. The number of amides is 1. The minimum absolute atomic E-state index is 0.0729. The van der Waals surface area contributed by atoms with Gasteiger partial charge < -0.3 is 10.1 Å². The third-order valence-corrected chi connectivity index (χ3v) is 5.85. The summed E-state index contributed by atoms with van der Waals surface area (Å²) in [6.07, 6.45) is 0.167. The molecule has 4 heteroatoms. The highest BCUT2D eigenvalue weighted by atomic mass is 79.9. The van der Waals surface area contributed by atoms with Crippen LogP contribution in [-0.4, -0.2) is 19.2 Å². The van der Waals surface area contributed by atoms with E-state index in [1.165, 1.54) is 22.3 Å². The Morgan fingerprint density at radius 2 is 1.57 bits per heavy atom. The van der Waals surface area contributed by atoms with Crippen molar-refractivity contribution in [2.24, 2.45) is 0 Å². The first-order valence-corrected chi connectivity index (χ1v) is 11.1. The second-order valence-electron chi connectivity index (χ2n) is 7.09. The van der Waals surface area contributed by atoms with Gasteiger partial charge in [0, 0.05) is 29.8 Å². The number of hydrogen-bond acceptors (Lipinski definition) is 2. The predicted molar refractivity (Wildman–Crippen MR) is 124 cm³/mol. The lowest BCUT2D eigenvalue weighted by atomic mass is 9.98. The number of nitrogens with one attached hydrogen (secondary N) is 1. The minimum Gasteiger partial charge on any atom is -0.449 e. The SMILES string of the molecule is O=C(NCCC#Cc1ccccc1CBr)OCC1c2ccccc2-c2ccccc21. The Hall–Kier alpha value is -3.03. The number of alkyl carbamates (subject to hydrolysis) is 1. The molecule has 30 heavy (non-hydrogen) atoms. The lowest BCUT2D eigenvalue weighted by Gasteiger charge is -2.14. The van der Waals surface area contributed by atoms with E-state index in [1.807, 2.05) is 48.5 Å². The van der Waals surface area contributed by atoms with E-state index < -0.39 is 6.09 Å². The standard InChI is InChI=1S/C26H22BrNO2/c27-17-20-11-2-1-9-19(20)10-7-8-16-28-26(29)30-18-25-23-14-5-3-12-21(23)22-13-4-6-15-24(22)25/h1-6,9,11-15,25H,8,16-18H2,(H,28,29). The van der Waals surface area contributed by atoms with E-state index >= 15 is 0 Å². The van der Waals surface area contributed by atoms with E-state index in [4.69, 9.17) is 4.74 Å². The molecule has 150 valence electrons. The second kappa shape index (κ2) is 9.65. The molecular formula is C26H22BrNO2. The maximum atomic E-state index is 12.2. The largest absolute Gasteiger partial charge is 0.449 e. The zero-order valence-electron chi connectivity index (χ0n) is 16.5. The molecule has 0 aliphatic heterocycles. The number of ether oxygens (including phenoxy) is 1. The summed E-state index contributed by atoms with van der Waals surface area (Å²) in [5.74, 6) is 6.35. The van der Waals surface area contributed by atoms with Crippen LogP contribution in [0.4, 0.5) is 4.79 Å². The Balaban J connectivity index is 1.29. The zero-order valence-corrected chi connectivity index (χ0v) is 18.1. The van der Waals surface area contributed by atoms with Gasteiger partial charge >= 0.3 is 6.09 Å². The van der Waals surface area contributed by atoms with Gasteiger partial charge in [0.15, 0.2) is 0 Å². The van der Waals surface area contributed by atoms with Gasteiger partial charge in [-0.25, -0.2) is 4.79 Å². The molecule has 0 heterocycles. The van der Waals surface area contributed by atoms with Crippen LogP contribution in [0.25, 0.3) is 11.1 Å². The summed E-state index contributed by atoms with van der Waals surface area (Å²) in [6, 6.07) is 24.7. The number of carbonyl (C=O) groups is 1. The quantitative estimate of drug-likeness (QED) is 0.294. The highest BCUT2D eigenvalue weighted by Gasteiger charge is 2.28. The summed E-state index contributed by atoms with van der Waals surface area (Å²) in [7, 11) is 0. The number of alkyl halides is 1. The van der Waals surface area contributed by atoms with Gasteiger partial charge in [0.05, 0.1) is 0 Å². The van der Waals surface area contributed by atoms with Crippen LogP contribution in [0.5, 0.6) is 0 Å². The lowest BCUT2D eigenvalue weighted by molar-refractivity contribution is 0.143. The van der Waals surface area contributed by atoms with E-state index in [0.717, 1.165) is 16.5 Å². The maximum Gasteiger partial charge on any atom is 0.407 e. The molecule has 3 aromatic carbocycles. The van der Waals surface area contributed by atoms with Crippen molar-refractivity contribution in [3.63, 3.8) is 0 Å². The van der Waals surface area contributed by atoms with Crippen molar-refractivity contribution in [2.75, 3.05) is 13.2 Å². The van der Waals surface area contributed by atoms with Crippen LogP contribution in [0, 0.1) is 11.8 Å². The maximum absolute atomic E-state index is 12.2. The van der Waals surface area contributed by atoms with Gasteiger partial charge in [-0.3, -0.25) is 0 Å². The predicted octanol–water partition coefficient (Wildman–Crippen LogP) is 5.86. The molecule has 0 saturated heterocycles. The summed E-state index contributed by atoms with van der Waals surface area (Å²) in [5.41, 5.74) is 7.04. The van der Waals surface area contributed by atoms with E-state index in [-0.39, 0.29) is 5.92 Å². The van der Waals surface area contributed by atoms with Crippen molar-refractivity contribution in [3.05, 3.63) is 95.1 Å². The highest BCUT2D eigenvalue weighted by Crippen LogP contribution is 2.44. The van der Waals surface area contributed by atoms with Crippen molar-refractivity contribution in [3.8, 4) is 23.0 Å². The number of fused-ring (bicyclic) bond motifs is 3. The first kappa shape index (κ1) is 20.3. The number of carbonyl (C=O) groups excluding carboxylic acids is 1. The van der Waals surface area contributed by atoms with Crippen LogP contribution >= 0.6 is 15.9 Å². The van der Waals surface area contributed by atoms with Crippen molar-refractivity contribution in [1.82, 2.24) is 5.32 Å². The molecule has 1 N–H and O–H groups in total. The van der Waals surface area contributed by atoms with Crippen LogP contribution in [0.15, 0.2) is 72.8 Å². The van der Waals surface area contributed by atoms with Gasteiger partial charge in [-0.1, -0.05) is 94.5 Å². The average Bonchev–Trinajstić information content (AvgIpc) is 3.11. The number of halogens is 1. The van der Waals surface area contributed by atoms with E-state index in [2.05, 4.69) is 57.4 Å². The van der Waals surface area contributed by atoms with E-state index in [0.29, 0.717) is 19.6 Å². The molecule has 3 aromatic rings. The Morgan fingerprint density at radius 1 is 0.933 bits per heavy atom. The number of benzene rings is 3. The molecule has 0 bridgehead atoms. The fraction of sp³-hybridized carbons (Fsp3) is 0.192. The molecule has 0 fully saturated rings. The van der Waals surface area contributed by atoms with Gasteiger partial charge in [-0.05, 0) is 33.9 Å². The molecule has 0 atom stereocenters. The molecule has 0 aromatic heterocycles. The molecule has 1 amide bonds. The number of hydrogen-bond donors (Lipinski definition) is 1. The van der Waals surface area contributed by atoms with Gasteiger partial charge in [0.25, 0.3) is 0 Å². The summed E-state index contributed by atoms with van der Waals surface area (Å²) >= 11 is 3.47. The van der Waals surface area contributed by atoms with Crippen molar-refractivity contribution >= 4 is 22.0 Å². The highest BCUT2D eigenvalue weighted by molar-refractivity contribution is 9.08. The number of rotatable bonds is 5. The first-order chi connectivity index (χ1) is 14.8. The lowest BCUT2D eigenvalue weighted by Crippen LogP contribution is -2.26. The third-order valence-electron chi connectivity index (χ3n) is 5.25. The second-order valence-corrected chi connectivity index (χ2v) is 7.66. The zero-order chi connectivity index (χ0) is 20.8. The molecule has 0 radical (unpaired) electrons. The monoisotopic (exact) mass is 459 g/mol. The Morgan fingerprint density at radius 3 is 2.27 bits per heavy atom. The molecule has 1 aliphatic carbocycles. The summed E-state index contributed by atoms with van der Waals surface area (Å²) in [4.78, 5) is 12.2. The minimum atomic E-state index is -0.403. The van der Waals surface area contributed by atoms with E-state index in [1.54, 1.807) is 0 Å². The van der Waals surface area contributed by atoms with E-state index in [9.17, 15) is 4.79 Å². The summed E-state index contributed by atoms with van der Waals surface area (Å²) in [5, 5.41) is 3.57. The topological polar surface area (TPSA) is 38.3 Å². The van der Waals surface area contributed by atoms with Crippen molar-refractivity contribution in [2.45, 2.75) is 17.7 Å². The molecule has 3 nitrogen and oxygen atoms in total. The van der Waals surface area contributed by atoms with Gasteiger partial charge in [0.2, 0.25) is 0 Å². The fourth-order valence-corrected chi connectivity index (χ4v) is 4.28. The van der Waals surface area contributed by atoms with Gasteiger partial charge in [-0.2, -0.15) is 0 Å². The summed E-state index contributed by atoms with van der Waals surface area (Å²) in [6.45, 7) is 0.782. The Labute approximate surface area is 185 Å². The Kier molecular flexibility index (Phi) is 6.51. The molecule has 4 rings (SSSR count). The third kappa shape index (κ3) is 4.42. The van der Waals surface area contributed by atoms with Crippen LogP contribution in [0.2, 0.25) is 0 Å². The smallest absolute Gasteiger partial charge is 0.407 e. The molecule has 0 unspecified atom stereocenters. The molecule has 0 spiro atoms. The van der Waals surface area contributed by atoms with Crippen LogP contribution < -0.4 is 5.32 Å². The fourth-order valence-electron chi connectivity index (χ4n) is 3.79. The molecule has 1 aliphatic rings. The van der Waals surface area contributed by atoms with Crippen molar-refractivity contribution < 1.29 is 9.53 Å². The normalized spacial score (nSPS) is 11.8.